The molecule has 0 spiro atoms. The number of methoxy groups -OCH3 is 2. The normalized spacial score (nSPS) is 12.4. The van der Waals surface area contributed by atoms with Gasteiger partial charge in [0.05, 0.1) is 32.6 Å². The number of ether oxygens (including phenoxy) is 3. The number of aryl methyl sites for hydroxylation is 1. The van der Waals surface area contributed by atoms with Crippen molar-refractivity contribution in [2.75, 3.05) is 26.1 Å². The highest BCUT2D eigenvalue weighted by atomic mass is 32.1. The first-order valence-electron chi connectivity index (χ1n) is 9.66. The molecule has 0 saturated carbocycles. The van der Waals surface area contributed by atoms with Crippen molar-refractivity contribution < 1.29 is 28.6 Å². The van der Waals surface area contributed by atoms with E-state index in [9.17, 15) is 14.4 Å². The maximum atomic E-state index is 12.4. The Labute approximate surface area is 183 Å². The van der Waals surface area contributed by atoms with Crippen molar-refractivity contribution in [3.05, 3.63) is 39.8 Å². The number of nitrogens with one attached hydrogen (secondary N) is 2. The van der Waals surface area contributed by atoms with Crippen molar-refractivity contribution >= 4 is 40.3 Å². The second-order valence-electron chi connectivity index (χ2n) is 6.54. The van der Waals surface area contributed by atoms with Gasteiger partial charge in [-0.2, -0.15) is 5.10 Å². The Morgan fingerprint density at radius 1 is 1.16 bits per heavy atom. The highest BCUT2D eigenvalue weighted by molar-refractivity contribution is 7.17. The van der Waals surface area contributed by atoms with Gasteiger partial charge in [0.2, 0.25) is 0 Å². The Hall–Kier alpha value is -3.40. The average Bonchev–Trinajstić information content (AvgIpc) is 3.34. The average molecular weight is 445 g/mol. The fourth-order valence-corrected chi connectivity index (χ4v) is 4.50. The minimum atomic E-state index is -0.971. The number of rotatable bonds is 7. The molecule has 2 N–H and O–H groups in total. The number of thiophene rings is 1. The third-order valence-corrected chi connectivity index (χ3v) is 5.85. The number of esters is 1. The maximum absolute atomic E-state index is 12.4. The van der Waals surface area contributed by atoms with E-state index in [0.717, 1.165) is 29.7 Å². The molecule has 164 valence electrons. The summed E-state index contributed by atoms with van der Waals surface area (Å²) in [5, 5.41) is 6.65. The first kappa shape index (κ1) is 22.3. The van der Waals surface area contributed by atoms with E-state index >= 15 is 0 Å². The molecule has 2 amide bonds. The van der Waals surface area contributed by atoms with E-state index in [1.807, 2.05) is 0 Å². The lowest BCUT2D eigenvalue weighted by molar-refractivity contribution is -0.136. The molecule has 2 aromatic rings. The summed E-state index contributed by atoms with van der Waals surface area (Å²) in [5.41, 5.74) is 3.96. The van der Waals surface area contributed by atoms with Gasteiger partial charge in [0.15, 0.2) is 0 Å². The Bertz CT molecular complexity index is 1030. The predicted octanol–water partition coefficient (Wildman–Crippen LogP) is 2.52. The molecule has 0 atom stereocenters. The van der Waals surface area contributed by atoms with E-state index in [1.165, 1.54) is 31.8 Å². The number of nitrogens with zero attached hydrogens (tertiary/aromatic N) is 1. The number of hydrogen-bond acceptors (Lipinski definition) is 8. The molecule has 1 heterocycles. The molecular weight excluding hydrogens is 422 g/mol. The van der Waals surface area contributed by atoms with E-state index in [2.05, 4.69) is 15.8 Å². The molecule has 31 heavy (non-hydrogen) atoms. The monoisotopic (exact) mass is 445 g/mol. The molecule has 0 radical (unpaired) electrons. The van der Waals surface area contributed by atoms with Crippen LogP contribution in [-0.4, -0.2) is 44.8 Å². The lowest BCUT2D eigenvalue weighted by atomic mass is 10.1. The van der Waals surface area contributed by atoms with Crippen LogP contribution in [0.25, 0.3) is 0 Å². The molecule has 0 bridgehead atoms. The van der Waals surface area contributed by atoms with Crippen LogP contribution in [0.3, 0.4) is 0 Å². The van der Waals surface area contributed by atoms with Crippen molar-refractivity contribution in [3.8, 4) is 11.5 Å². The van der Waals surface area contributed by atoms with Gasteiger partial charge in [-0.1, -0.05) is 0 Å². The quantitative estimate of drug-likeness (QED) is 0.293. The predicted molar refractivity (Wildman–Crippen MR) is 116 cm³/mol. The Morgan fingerprint density at radius 3 is 2.68 bits per heavy atom. The van der Waals surface area contributed by atoms with Gasteiger partial charge in [0, 0.05) is 10.4 Å². The number of hydrogen-bond donors (Lipinski definition) is 2. The van der Waals surface area contributed by atoms with E-state index in [-0.39, 0.29) is 6.61 Å². The zero-order valence-corrected chi connectivity index (χ0v) is 18.3. The largest absolute Gasteiger partial charge is 0.497 e. The van der Waals surface area contributed by atoms with Crippen LogP contribution in [0.4, 0.5) is 5.00 Å². The SMILES string of the molecule is CCOC(=O)c1c(NC(=O)C(=O)N/N=C/c2cc(OC)ccc2OC)sc2c1CCC2. The maximum Gasteiger partial charge on any atom is 0.341 e. The molecule has 1 aromatic heterocycles. The molecule has 1 aromatic carbocycles. The van der Waals surface area contributed by atoms with E-state index < -0.39 is 17.8 Å². The number of fused-ring (bicyclic) bond motifs is 1. The summed E-state index contributed by atoms with van der Waals surface area (Å²) >= 11 is 1.30. The Morgan fingerprint density at radius 2 is 1.97 bits per heavy atom. The zero-order chi connectivity index (χ0) is 22.4. The molecule has 0 fully saturated rings. The van der Waals surface area contributed by atoms with Crippen LogP contribution in [-0.2, 0) is 27.2 Å². The minimum Gasteiger partial charge on any atom is -0.497 e. The summed E-state index contributed by atoms with van der Waals surface area (Å²) in [7, 11) is 3.03. The van der Waals surface area contributed by atoms with Gasteiger partial charge in [-0.25, -0.2) is 10.2 Å². The van der Waals surface area contributed by atoms with E-state index in [0.29, 0.717) is 27.6 Å². The van der Waals surface area contributed by atoms with Crippen LogP contribution in [0.15, 0.2) is 23.3 Å². The second-order valence-corrected chi connectivity index (χ2v) is 7.65. The first-order chi connectivity index (χ1) is 15.0. The summed E-state index contributed by atoms with van der Waals surface area (Å²) < 4.78 is 15.5. The molecular formula is C21H23N3O6S. The number of carbonyl (C=O) groups excluding carboxylic acids is 3. The summed E-state index contributed by atoms with van der Waals surface area (Å²) in [5.74, 6) is -1.29. The summed E-state index contributed by atoms with van der Waals surface area (Å²) in [6, 6.07) is 5.09. The molecule has 3 rings (SSSR count). The molecule has 1 aliphatic carbocycles. The van der Waals surface area contributed by atoms with Crippen LogP contribution in [0, 0.1) is 0 Å². The topological polar surface area (TPSA) is 115 Å². The number of hydrazone groups is 1. The summed E-state index contributed by atoms with van der Waals surface area (Å²) in [6.07, 6.45) is 3.87. The summed E-state index contributed by atoms with van der Waals surface area (Å²) in [6.45, 7) is 1.94. The molecule has 1 aliphatic rings. The lowest BCUT2D eigenvalue weighted by Crippen LogP contribution is -2.32. The van der Waals surface area contributed by atoms with Crippen molar-refractivity contribution in [3.63, 3.8) is 0 Å². The van der Waals surface area contributed by atoms with Gasteiger partial charge in [0.1, 0.15) is 16.5 Å². The third kappa shape index (κ3) is 5.02. The first-order valence-corrected chi connectivity index (χ1v) is 10.5. The van der Waals surface area contributed by atoms with Gasteiger partial charge in [-0.05, 0) is 49.9 Å². The standard InChI is InChI=1S/C21H23N3O6S/c1-4-30-21(27)17-14-6-5-7-16(14)31-20(17)23-18(25)19(26)24-22-11-12-10-13(28-2)8-9-15(12)29-3/h8-11H,4-7H2,1-3H3,(H,23,25)(H,24,26)/b22-11+. The minimum absolute atomic E-state index is 0.222. The van der Waals surface area contributed by atoms with Gasteiger partial charge in [-0.3, -0.25) is 9.59 Å². The number of carbonyl (C=O) groups is 3. The molecule has 9 nitrogen and oxygen atoms in total. The van der Waals surface area contributed by atoms with Crippen LogP contribution >= 0.6 is 11.3 Å². The Balaban J connectivity index is 1.69. The fourth-order valence-electron chi connectivity index (χ4n) is 3.22. The smallest absolute Gasteiger partial charge is 0.341 e. The highest BCUT2D eigenvalue weighted by Crippen LogP contribution is 2.39. The van der Waals surface area contributed by atoms with Crippen molar-refractivity contribution in [1.29, 1.82) is 0 Å². The van der Waals surface area contributed by atoms with Crippen molar-refractivity contribution in [1.82, 2.24) is 5.43 Å². The van der Waals surface area contributed by atoms with Gasteiger partial charge in [0.25, 0.3) is 0 Å². The van der Waals surface area contributed by atoms with Gasteiger partial charge < -0.3 is 19.5 Å². The second kappa shape index (κ2) is 10.1. The summed E-state index contributed by atoms with van der Waals surface area (Å²) in [4.78, 5) is 37.9. The van der Waals surface area contributed by atoms with Crippen LogP contribution < -0.4 is 20.2 Å². The van der Waals surface area contributed by atoms with Crippen LogP contribution in [0.2, 0.25) is 0 Å². The number of amides is 2. The number of benzene rings is 1. The highest BCUT2D eigenvalue weighted by Gasteiger charge is 2.29. The van der Waals surface area contributed by atoms with Crippen molar-refractivity contribution in [2.45, 2.75) is 26.2 Å². The zero-order valence-electron chi connectivity index (χ0n) is 17.4. The fraction of sp³-hybridized carbons (Fsp3) is 0.333. The number of anilines is 1. The molecule has 0 unspecified atom stereocenters. The van der Waals surface area contributed by atoms with Crippen molar-refractivity contribution in [2.24, 2.45) is 5.10 Å². The Kier molecular flexibility index (Phi) is 7.24. The molecule has 0 aliphatic heterocycles. The molecule has 10 heteroatoms. The van der Waals surface area contributed by atoms with Crippen LogP contribution in [0.5, 0.6) is 11.5 Å². The van der Waals surface area contributed by atoms with Gasteiger partial charge in [-0.15, -0.1) is 11.3 Å². The molecule has 0 saturated heterocycles. The lowest BCUT2D eigenvalue weighted by Gasteiger charge is -2.08. The van der Waals surface area contributed by atoms with Gasteiger partial charge >= 0.3 is 17.8 Å². The van der Waals surface area contributed by atoms with E-state index in [4.69, 9.17) is 14.2 Å². The van der Waals surface area contributed by atoms with Crippen LogP contribution in [0.1, 0.15) is 39.7 Å². The third-order valence-electron chi connectivity index (χ3n) is 4.64. The van der Waals surface area contributed by atoms with E-state index in [1.54, 1.807) is 25.1 Å².